The van der Waals surface area contributed by atoms with Gasteiger partial charge in [0.2, 0.25) is 11.4 Å². The second-order valence-electron chi connectivity index (χ2n) is 6.46. The normalized spacial score (nSPS) is 19.0. The van der Waals surface area contributed by atoms with Crippen LogP contribution in [0.4, 0.5) is 0 Å². The van der Waals surface area contributed by atoms with Crippen LogP contribution in [0.15, 0.2) is 47.2 Å². The molecule has 0 saturated carbocycles. The Morgan fingerprint density at radius 2 is 2.04 bits per heavy atom. The van der Waals surface area contributed by atoms with Gasteiger partial charge >= 0.3 is 0 Å². The molecule has 8 heteroatoms. The van der Waals surface area contributed by atoms with E-state index in [-0.39, 0.29) is 6.61 Å². The Balaban J connectivity index is 1.49. The van der Waals surface area contributed by atoms with Crippen molar-refractivity contribution in [3.05, 3.63) is 54.1 Å². The van der Waals surface area contributed by atoms with E-state index in [4.69, 9.17) is 14.0 Å². The van der Waals surface area contributed by atoms with Gasteiger partial charge in [0, 0.05) is 18.5 Å². The van der Waals surface area contributed by atoms with E-state index in [0.717, 1.165) is 5.56 Å². The molecule has 0 fully saturated rings. The molecule has 0 N–H and O–H groups in total. The third-order valence-corrected chi connectivity index (χ3v) is 4.25. The van der Waals surface area contributed by atoms with Crippen LogP contribution in [0.1, 0.15) is 18.3 Å². The van der Waals surface area contributed by atoms with Crippen LogP contribution < -0.4 is 9.47 Å². The molecule has 0 spiro atoms. The molecule has 0 radical (unpaired) electrons. The van der Waals surface area contributed by atoms with Gasteiger partial charge in [-0.15, -0.1) is 0 Å². The van der Waals surface area contributed by atoms with Crippen molar-refractivity contribution in [3.63, 3.8) is 0 Å². The lowest BCUT2D eigenvalue weighted by Crippen LogP contribution is -2.40. The predicted octanol–water partition coefficient (Wildman–Crippen LogP) is 2.77. The van der Waals surface area contributed by atoms with Gasteiger partial charge in [-0.25, -0.2) is 9.50 Å². The summed E-state index contributed by atoms with van der Waals surface area (Å²) in [7, 11) is 0. The van der Waals surface area contributed by atoms with E-state index in [2.05, 4.69) is 20.2 Å². The second-order valence-corrected chi connectivity index (χ2v) is 6.46. The van der Waals surface area contributed by atoms with Crippen LogP contribution in [0.3, 0.4) is 0 Å². The van der Waals surface area contributed by atoms with Crippen molar-refractivity contribution in [2.24, 2.45) is 0 Å². The summed E-state index contributed by atoms with van der Waals surface area (Å²) in [5, 5.41) is 8.53. The minimum absolute atomic E-state index is 0.287. The highest BCUT2D eigenvalue weighted by molar-refractivity contribution is 5.56. The molecule has 1 atom stereocenters. The average molecular weight is 349 g/mol. The zero-order chi connectivity index (χ0) is 17.7. The summed E-state index contributed by atoms with van der Waals surface area (Å²) >= 11 is 0. The molecular weight excluding hydrogens is 334 g/mol. The van der Waals surface area contributed by atoms with Gasteiger partial charge in [-0.2, -0.15) is 10.1 Å². The zero-order valence-corrected chi connectivity index (χ0v) is 14.2. The molecule has 3 aromatic heterocycles. The largest absolute Gasteiger partial charge is 0.485 e. The number of rotatable bonds is 2. The summed E-state index contributed by atoms with van der Waals surface area (Å²) in [6.45, 7) is 4.11. The van der Waals surface area contributed by atoms with Crippen LogP contribution in [0.5, 0.6) is 11.5 Å². The number of aromatic nitrogens is 5. The number of benzene rings is 1. The zero-order valence-electron chi connectivity index (χ0n) is 14.2. The van der Waals surface area contributed by atoms with Crippen molar-refractivity contribution in [2.75, 3.05) is 6.61 Å². The first-order valence-electron chi connectivity index (χ1n) is 8.18. The summed E-state index contributed by atoms with van der Waals surface area (Å²) < 4.78 is 19.0. The lowest BCUT2D eigenvalue weighted by Gasteiger charge is -2.32. The quantitative estimate of drug-likeness (QED) is 0.550. The molecule has 0 aliphatic carbocycles. The van der Waals surface area contributed by atoms with E-state index in [1.54, 1.807) is 16.8 Å². The van der Waals surface area contributed by atoms with Gasteiger partial charge in [-0.3, -0.25) is 0 Å². The Hall–Kier alpha value is -3.42. The summed E-state index contributed by atoms with van der Waals surface area (Å²) in [6.07, 6.45) is 3.67. The average Bonchev–Trinajstić information content (AvgIpc) is 3.28. The standard InChI is InChI=1S/C18H15N5O3/c1-11-8-19-15-7-12(21-23(15)9-11)16-20-17(22-26-16)18(2)10-24-13-5-3-4-6-14(13)25-18/h3-9H,10H2,1-2H3. The molecular formula is C18H15N5O3. The first-order chi connectivity index (χ1) is 12.6. The maximum Gasteiger partial charge on any atom is 0.278 e. The highest BCUT2D eigenvalue weighted by Crippen LogP contribution is 2.38. The van der Waals surface area contributed by atoms with Crippen LogP contribution in [-0.2, 0) is 5.60 Å². The third-order valence-electron chi connectivity index (χ3n) is 4.25. The van der Waals surface area contributed by atoms with Gasteiger partial charge in [0.15, 0.2) is 22.8 Å². The fourth-order valence-corrected chi connectivity index (χ4v) is 2.87. The lowest BCUT2D eigenvalue weighted by molar-refractivity contribution is -0.00588. The van der Waals surface area contributed by atoms with E-state index in [9.17, 15) is 0 Å². The first kappa shape index (κ1) is 14.9. The van der Waals surface area contributed by atoms with Crippen molar-refractivity contribution in [2.45, 2.75) is 19.4 Å². The van der Waals surface area contributed by atoms with Gasteiger partial charge in [0.1, 0.15) is 6.61 Å². The van der Waals surface area contributed by atoms with Gasteiger partial charge in [0.05, 0.1) is 0 Å². The summed E-state index contributed by atoms with van der Waals surface area (Å²) in [6, 6.07) is 9.30. The number of fused-ring (bicyclic) bond motifs is 2. The van der Waals surface area contributed by atoms with Gasteiger partial charge in [0.25, 0.3) is 5.89 Å². The summed E-state index contributed by atoms with van der Waals surface area (Å²) in [5.74, 6) is 2.07. The Bertz CT molecular complexity index is 1120. The van der Waals surface area contributed by atoms with Crippen LogP contribution in [0, 0.1) is 6.92 Å². The minimum Gasteiger partial charge on any atom is -0.485 e. The molecule has 8 nitrogen and oxygen atoms in total. The topological polar surface area (TPSA) is 87.6 Å². The van der Waals surface area contributed by atoms with E-state index in [0.29, 0.717) is 34.6 Å². The molecule has 5 rings (SSSR count). The fourth-order valence-electron chi connectivity index (χ4n) is 2.87. The van der Waals surface area contributed by atoms with E-state index in [1.165, 1.54) is 0 Å². The third kappa shape index (κ3) is 2.30. The number of para-hydroxylation sites is 2. The second kappa shape index (κ2) is 5.29. The van der Waals surface area contributed by atoms with Gasteiger partial charge < -0.3 is 14.0 Å². The maximum absolute atomic E-state index is 6.08. The van der Waals surface area contributed by atoms with Gasteiger partial charge in [-0.1, -0.05) is 17.3 Å². The molecule has 0 bridgehead atoms. The molecule has 130 valence electrons. The molecule has 4 heterocycles. The van der Waals surface area contributed by atoms with Crippen molar-refractivity contribution >= 4 is 5.65 Å². The number of nitrogens with zero attached hydrogens (tertiary/aromatic N) is 5. The predicted molar refractivity (Wildman–Crippen MR) is 90.9 cm³/mol. The van der Waals surface area contributed by atoms with E-state index < -0.39 is 5.60 Å². The van der Waals surface area contributed by atoms with Gasteiger partial charge in [-0.05, 0) is 31.5 Å². The Morgan fingerprint density at radius 1 is 1.19 bits per heavy atom. The Morgan fingerprint density at radius 3 is 2.92 bits per heavy atom. The van der Waals surface area contributed by atoms with Crippen LogP contribution in [-0.4, -0.2) is 31.3 Å². The molecule has 0 saturated heterocycles. The number of ether oxygens (including phenoxy) is 2. The Labute approximate surface area is 148 Å². The monoisotopic (exact) mass is 349 g/mol. The SMILES string of the molecule is Cc1cnc2cc(-c3nc(C4(C)COc5ccccc5O4)no3)nn2c1. The van der Waals surface area contributed by atoms with Crippen molar-refractivity contribution in [1.29, 1.82) is 0 Å². The first-order valence-corrected chi connectivity index (χ1v) is 8.18. The van der Waals surface area contributed by atoms with Crippen LogP contribution in [0.25, 0.3) is 17.2 Å². The maximum atomic E-state index is 6.08. The molecule has 1 aromatic carbocycles. The molecule has 4 aromatic rings. The fraction of sp³-hybridized carbons (Fsp3) is 0.222. The molecule has 1 aliphatic rings. The molecule has 26 heavy (non-hydrogen) atoms. The Kier molecular flexibility index (Phi) is 3.03. The number of hydrogen-bond donors (Lipinski definition) is 0. The minimum atomic E-state index is -0.843. The van der Waals surface area contributed by atoms with E-state index in [1.807, 2.05) is 44.3 Å². The molecule has 0 amide bonds. The van der Waals surface area contributed by atoms with Crippen LogP contribution in [0.2, 0.25) is 0 Å². The molecule has 1 aliphatic heterocycles. The highest BCUT2D eigenvalue weighted by Gasteiger charge is 2.40. The van der Waals surface area contributed by atoms with Crippen molar-refractivity contribution in [3.8, 4) is 23.1 Å². The van der Waals surface area contributed by atoms with Crippen LogP contribution >= 0.6 is 0 Å². The van der Waals surface area contributed by atoms with Crippen molar-refractivity contribution in [1.82, 2.24) is 24.7 Å². The molecule has 1 unspecified atom stereocenters. The smallest absolute Gasteiger partial charge is 0.278 e. The number of hydrogen-bond acceptors (Lipinski definition) is 7. The lowest BCUT2D eigenvalue weighted by atomic mass is 10.1. The summed E-state index contributed by atoms with van der Waals surface area (Å²) in [4.78, 5) is 8.81. The summed E-state index contributed by atoms with van der Waals surface area (Å²) in [5.41, 5.74) is 1.44. The number of aryl methyl sites for hydroxylation is 1. The van der Waals surface area contributed by atoms with E-state index >= 15 is 0 Å². The van der Waals surface area contributed by atoms with Crippen molar-refractivity contribution < 1.29 is 14.0 Å². The highest BCUT2D eigenvalue weighted by atomic mass is 16.6.